The molecule has 0 bridgehead atoms. The Balaban J connectivity index is 1.29. The third kappa shape index (κ3) is 2.79. The van der Waals surface area contributed by atoms with Gasteiger partial charge in [-0.2, -0.15) is 0 Å². The zero-order valence-electron chi connectivity index (χ0n) is 12.9. The van der Waals surface area contributed by atoms with Crippen LogP contribution < -0.4 is 5.32 Å². The summed E-state index contributed by atoms with van der Waals surface area (Å²) in [6, 6.07) is 4.47. The highest BCUT2D eigenvalue weighted by Gasteiger charge is 2.43. The Morgan fingerprint density at radius 2 is 2.27 bits per heavy atom. The average Bonchev–Trinajstić information content (AvgIpc) is 3.11. The molecule has 0 aromatic carbocycles. The molecule has 1 aromatic heterocycles. The van der Waals surface area contributed by atoms with Gasteiger partial charge in [-0.25, -0.2) is 0 Å². The monoisotopic (exact) mass is 304 g/mol. The first-order chi connectivity index (χ1) is 10.8. The molecule has 1 amide bonds. The molecule has 0 unspecified atom stereocenters. The summed E-state index contributed by atoms with van der Waals surface area (Å²) in [7, 11) is 0. The lowest BCUT2D eigenvalue weighted by atomic mass is 9.86. The number of nitrogens with zero attached hydrogens (tertiary/aromatic N) is 1. The quantitative estimate of drug-likeness (QED) is 0.923. The number of hydrogen-bond acceptors (Lipinski definition) is 4. The first-order valence-corrected chi connectivity index (χ1v) is 8.49. The molecule has 1 aromatic rings. The van der Waals surface area contributed by atoms with Crippen LogP contribution in [0.2, 0.25) is 0 Å². The molecule has 120 valence electrons. The standard InChI is InChI=1S/C17H24N2O3/c20-17(18-10-14-5-2-8-21-14)15-9-12-6-7-19(11-16(12)22-15)13-3-1-4-13/h2,5,8,12-13,15-16H,1,3-4,6-7,9-11H2,(H,18,20)/t12-,15-,16+/m0/s1. The molecule has 0 radical (unpaired) electrons. The van der Waals surface area contributed by atoms with E-state index < -0.39 is 0 Å². The minimum atomic E-state index is -0.286. The van der Waals surface area contributed by atoms with E-state index in [0.29, 0.717) is 12.5 Å². The summed E-state index contributed by atoms with van der Waals surface area (Å²) in [5.41, 5.74) is 0. The van der Waals surface area contributed by atoms with Crippen LogP contribution in [0.5, 0.6) is 0 Å². The number of amides is 1. The molecule has 1 aliphatic carbocycles. The van der Waals surface area contributed by atoms with Gasteiger partial charge in [0.25, 0.3) is 0 Å². The Bertz CT molecular complexity index is 512. The molecule has 22 heavy (non-hydrogen) atoms. The summed E-state index contributed by atoms with van der Waals surface area (Å²) in [6.07, 6.45) is 7.66. The summed E-state index contributed by atoms with van der Waals surface area (Å²) < 4.78 is 11.3. The van der Waals surface area contributed by atoms with Gasteiger partial charge < -0.3 is 14.5 Å². The number of rotatable bonds is 4. The molecule has 1 saturated carbocycles. The number of carbonyl (C=O) groups excluding carboxylic acids is 1. The van der Waals surface area contributed by atoms with Crippen LogP contribution in [0.25, 0.3) is 0 Å². The second-order valence-corrected chi connectivity index (χ2v) is 6.82. The molecule has 3 atom stereocenters. The molecular weight excluding hydrogens is 280 g/mol. The van der Waals surface area contributed by atoms with Crippen molar-refractivity contribution in [1.82, 2.24) is 10.2 Å². The number of hydrogen-bond donors (Lipinski definition) is 1. The van der Waals surface area contributed by atoms with Crippen LogP contribution in [0.1, 0.15) is 37.9 Å². The molecule has 3 heterocycles. The van der Waals surface area contributed by atoms with Crippen LogP contribution in [-0.4, -0.2) is 42.1 Å². The minimum absolute atomic E-state index is 0.000921. The van der Waals surface area contributed by atoms with Gasteiger partial charge in [0.15, 0.2) is 0 Å². The van der Waals surface area contributed by atoms with E-state index in [4.69, 9.17) is 9.15 Å². The normalized spacial score (nSPS) is 32.5. The predicted octanol–water partition coefficient (Wildman–Crippen LogP) is 1.93. The lowest BCUT2D eigenvalue weighted by molar-refractivity contribution is -0.133. The Kier molecular flexibility index (Phi) is 3.92. The van der Waals surface area contributed by atoms with Crippen molar-refractivity contribution in [1.29, 1.82) is 0 Å². The van der Waals surface area contributed by atoms with Crippen LogP contribution in [0.15, 0.2) is 22.8 Å². The van der Waals surface area contributed by atoms with Crippen molar-refractivity contribution >= 4 is 5.91 Å². The van der Waals surface area contributed by atoms with Crippen molar-refractivity contribution in [2.45, 2.75) is 56.9 Å². The van der Waals surface area contributed by atoms with Gasteiger partial charge in [-0.05, 0) is 50.3 Å². The van der Waals surface area contributed by atoms with E-state index in [0.717, 1.165) is 24.8 Å². The third-order valence-electron chi connectivity index (χ3n) is 5.48. The van der Waals surface area contributed by atoms with Crippen LogP contribution in [0, 0.1) is 5.92 Å². The molecule has 5 heteroatoms. The molecular formula is C17H24N2O3. The fourth-order valence-corrected chi connectivity index (χ4v) is 3.91. The second kappa shape index (κ2) is 6.05. The van der Waals surface area contributed by atoms with Crippen molar-refractivity contribution in [2.24, 2.45) is 5.92 Å². The van der Waals surface area contributed by atoms with Gasteiger partial charge in [0.1, 0.15) is 11.9 Å². The number of nitrogens with one attached hydrogen (secondary N) is 1. The van der Waals surface area contributed by atoms with Gasteiger partial charge in [-0.1, -0.05) is 6.42 Å². The van der Waals surface area contributed by atoms with E-state index in [9.17, 15) is 4.79 Å². The number of piperidine rings is 1. The van der Waals surface area contributed by atoms with Crippen LogP contribution >= 0.6 is 0 Å². The van der Waals surface area contributed by atoms with Gasteiger partial charge in [0, 0.05) is 12.6 Å². The molecule has 1 N–H and O–H groups in total. The average molecular weight is 304 g/mol. The Morgan fingerprint density at radius 1 is 1.36 bits per heavy atom. The fourth-order valence-electron chi connectivity index (χ4n) is 3.91. The highest BCUT2D eigenvalue weighted by atomic mass is 16.5. The Morgan fingerprint density at radius 3 is 3.00 bits per heavy atom. The molecule has 2 aliphatic heterocycles. The predicted molar refractivity (Wildman–Crippen MR) is 81.2 cm³/mol. The summed E-state index contributed by atoms with van der Waals surface area (Å²) in [6.45, 7) is 2.63. The van der Waals surface area contributed by atoms with Gasteiger partial charge in [0.05, 0.1) is 18.9 Å². The fraction of sp³-hybridized carbons (Fsp3) is 0.706. The van der Waals surface area contributed by atoms with Crippen LogP contribution in [0.4, 0.5) is 0 Å². The van der Waals surface area contributed by atoms with E-state index in [1.54, 1.807) is 6.26 Å². The van der Waals surface area contributed by atoms with E-state index in [1.807, 2.05) is 12.1 Å². The van der Waals surface area contributed by atoms with E-state index >= 15 is 0 Å². The number of likely N-dealkylation sites (tertiary alicyclic amines) is 1. The first-order valence-electron chi connectivity index (χ1n) is 8.49. The Labute approximate surface area is 131 Å². The van der Waals surface area contributed by atoms with Crippen LogP contribution in [0.3, 0.4) is 0 Å². The molecule has 5 nitrogen and oxygen atoms in total. The van der Waals surface area contributed by atoms with Crippen molar-refractivity contribution in [3.05, 3.63) is 24.2 Å². The maximum Gasteiger partial charge on any atom is 0.249 e. The van der Waals surface area contributed by atoms with Crippen molar-refractivity contribution in [3.8, 4) is 0 Å². The lowest BCUT2D eigenvalue weighted by Gasteiger charge is -2.43. The highest BCUT2D eigenvalue weighted by Crippen LogP contribution is 2.36. The summed E-state index contributed by atoms with van der Waals surface area (Å²) in [4.78, 5) is 14.9. The van der Waals surface area contributed by atoms with Crippen molar-refractivity contribution in [3.63, 3.8) is 0 Å². The molecule has 4 rings (SSSR count). The molecule has 3 fully saturated rings. The van der Waals surface area contributed by atoms with Crippen LogP contribution in [-0.2, 0) is 16.1 Å². The minimum Gasteiger partial charge on any atom is -0.467 e. The smallest absolute Gasteiger partial charge is 0.249 e. The van der Waals surface area contributed by atoms with E-state index in [2.05, 4.69) is 10.2 Å². The Hall–Kier alpha value is -1.33. The maximum atomic E-state index is 12.3. The van der Waals surface area contributed by atoms with Gasteiger partial charge in [0.2, 0.25) is 5.91 Å². The largest absolute Gasteiger partial charge is 0.467 e. The summed E-state index contributed by atoms with van der Waals surface area (Å²) in [5, 5.41) is 2.92. The lowest BCUT2D eigenvalue weighted by Crippen LogP contribution is -2.49. The zero-order chi connectivity index (χ0) is 14.9. The molecule has 3 aliphatic rings. The SMILES string of the molecule is O=C(NCc1ccco1)[C@@H]1C[C@@H]2CCN(C3CCC3)C[C@H]2O1. The zero-order valence-corrected chi connectivity index (χ0v) is 12.9. The number of fused-ring (bicyclic) bond motifs is 1. The second-order valence-electron chi connectivity index (χ2n) is 6.82. The van der Waals surface area contributed by atoms with Crippen molar-refractivity contribution in [2.75, 3.05) is 13.1 Å². The van der Waals surface area contributed by atoms with Gasteiger partial charge >= 0.3 is 0 Å². The molecule has 0 spiro atoms. The maximum absolute atomic E-state index is 12.3. The third-order valence-corrected chi connectivity index (χ3v) is 5.48. The highest BCUT2D eigenvalue weighted by molar-refractivity contribution is 5.81. The topological polar surface area (TPSA) is 54.7 Å². The van der Waals surface area contributed by atoms with Gasteiger partial charge in [-0.15, -0.1) is 0 Å². The number of carbonyl (C=O) groups is 1. The molecule has 2 saturated heterocycles. The summed E-state index contributed by atoms with van der Waals surface area (Å²) >= 11 is 0. The number of ether oxygens (including phenoxy) is 1. The number of furan rings is 1. The van der Waals surface area contributed by atoms with Gasteiger partial charge in [-0.3, -0.25) is 9.69 Å². The van der Waals surface area contributed by atoms with E-state index in [-0.39, 0.29) is 18.1 Å². The van der Waals surface area contributed by atoms with Crippen molar-refractivity contribution < 1.29 is 13.9 Å². The van der Waals surface area contributed by atoms with E-state index in [1.165, 1.54) is 32.2 Å². The first kappa shape index (κ1) is 14.3. The summed E-state index contributed by atoms with van der Waals surface area (Å²) in [5.74, 6) is 1.33.